The molecule has 0 rings (SSSR count). The van der Waals surface area contributed by atoms with Crippen LogP contribution in [0.25, 0.3) is 0 Å². The lowest BCUT2D eigenvalue weighted by molar-refractivity contribution is 0.136. The van der Waals surface area contributed by atoms with Crippen molar-refractivity contribution < 1.29 is 4.74 Å². The molecule has 1 N–H and O–H groups in total. The lowest BCUT2D eigenvalue weighted by Crippen LogP contribution is -2.43. The van der Waals surface area contributed by atoms with Crippen LogP contribution in [0, 0.1) is 5.41 Å². The maximum absolute atomic E-state index is 5.12. The third kappa shape index (κ3) is 7.34. The summed E-state index contributed by atoms with van der Waals surface area (Å²) in [6.45, 7) is 12.3. The van der Waals surface area contributed by atoms with Gasteiger partial charge in [-0.1, -0.05) is 20.8 Å². The molecule has 0 spiro atoms. The van der Waals surface area contributed by atoms with Gasteiger partial charge in [0.05, 0.1) is 0 Å². The van der Waals surface area contributed by atoms with Crippen LogP contribution < -0.4 is 5.32 Å². The van der Waals surface area contributed by atoms with E-state index in [-0.39, 0.29) is 0 Å². The van der Waals surface area contributed by atoms with Crippen LogP contribution in [0.5, 0.6) is 0 Å². The molecule has 0 atom stereocenters. The number of hydrogen-bond donors (Lipinski definition) is 1. The topological polar surface area (TPSA) is 24.5 Å². The van der Waals surface area contributed by atoms with Crippen LogP contribution in [0.1, 0.15) is 46.5 Å². The smallest absolute Gasteiger partial charge is 0.0474 e. The molecule has 0 fully saturated rings. The highest BCUT2D eigenvalue weighted by Crippen LogP contribution is 2.26. The number of nitrogens with one attached hydrogen (secondary N) is 1. The molecule has 0 saturated heterocycles. The number of rotatable bonds is 12. The third-order valence-electron chi connectivity index (χ3n) is 3.92. The molecule has 0 amide bonds. The summed E-state index contributed by atoms with van der Waals surface area (Å²) in [7, 11) is 4.01. The molecule has 3 nitrogen and oxygen atoms in total. The van der Waals surface area contributed by atoms with Crippen molar-refractivity contribution in [2.24, 2.45) is 5.41 Å². The Balaban J connectivity index is 4.13. The third-order valence-corrected chi connectivity index (χ3v) is 3.92. The quantitative estimate of drug-likeness (QED) is 0.545. The van der Waals surface area contributed by atoms with Crippen LogP contribution in [-0.2, 0) is 4.74 Å². The zero-order chi connectivity index (χ0) is 13.9. The van der Waals surface area contributed by atoms with Gasteiger partial charge in [-0.3, -0.25) is 0 Å². The van der Waals surface area contributed by atoms with Crippen molar-refractivity contribution in [3.8, 4) is 0 Å². The van der Waals surface area contributed by atoms with E-state index in [1.165, 1.54) is 25.8 Å². The van der Waals surface area contributed by atoms with E-state index in [4.69, 9.17) is 4.74 Å². The minimum absolute atomic E-state index is 0.428. The standard InChI is InChI=1S/C15H34N2O/c1-6-10-16-13-15(7-2,8-3)14-17(4)11-9-12-18-5/h16H,6-14H2,1-5H3. The fraction of sp³-hybridized carbons (Fsp3) is 1.00. The first kappa shape index (κ1) is 17.9. The Morgan fingerprint density at radius 3 is 2.33 bits per heavy atom. The summed E-state index contributed by atoms with van der Waals surface area (Å²) in [5, 5.41) is 3.60. The first-order valence-corrected chi connectivity index (χ1v) is 7.52. The van der Waals surface area contributed by atoms with Crippen LogP contribution in [0.4, 0.5) is 0 Å². The van der Waals surface area contributed by atoms with E-state index in [1.807, 2.05) is 0 Å². The zero-order valence-electron chi connectivity index (χ0n) is 13.2. The molecule has 0 aromatic carbocycles. The molecule has 110 valence electrons. The molecule has 0 aromatic rings. The monoisotopic (exact) mass is 258 g/mol. The van der Waals surface area contributed by atoms with E-state index in [2.05, 4.69) is 38.0 Å². The first-order valence-electron chi connectivity index (χ1n) is 7.52. The van der Waals surface area contributed by atoms with Crippen molar-refractivity contribution >= 4 is 0 Å². The van der Waals surface area contributed by atoms with Crippen molar-refractivity contribution in [3.63, 3.8) is 0 Å². The Labute approximate surface area is 114 Å². The Hall–Kier alpha value is -0.120. The van der Waals surface area contributed by atoms with Crippen LogP contribution in [0.2, 0.25) is 0 Å². The highest BCUT2D eigenvalue weighted by molar-refractivity contribution is 4.82. The van der Waals surface area contributed by atoms with Gasteiger partial charge in [0.25, 0.3) is 0 Å². The van der Waals surface area contributed by atoms with Gasteiger partial charge in [0.15, 0.2) is 0 Å². The molecular weight excluding hydrogens is 224 g/mol. The lowest BCUT2D eigenvalue weighted by atomic mass is 9.81. The SMILES string of the molecule is CCCNCC(CC)(CC)CN(C)CCCOC. The van der Waals surface area contributed by atoms with Crippen molar-refractivity contribution in [3.05, 3.63) is 0 Å². The van der Waals surface area contributed by atoms with Crippen LogP contribution >= 0.6 is 0 Å². The van der Waals surface area contributed by atoms with Gasteiger partial charge in [-0.05, 0) is 44.7 Å². The van der Waals surface area contributed by atoms with Crippen molar-refractivity contribution in [1.82, 2.24) is 10.2 Å². The second kappa shape index (κ2) is 10.8. The predicted octanol–water partition coefficient (Wildman–Crippen LogP) is 2.76. The van der Waals surface area contributed by atoms with Gasteiger partial charge in [-0.25, -0.2) is 0 Å². The van der Waals surface area contributed by atoms with E-state index in [9.17, 15) is 0 Å². The first-order chi connectivity index (χ1) is 8.64. The van der Waals surface area contributed by atoms with Crippen LogP contribution in [-0.4, -0.2) is 51.8 Å². The second-order valence-corrected chi connectivity index (χ2v) is 5.47. The highest BCUT2D eigenvalue weighted by Gasteiger charge is 2.26. The summed E-state index contributed by atoms with van der Waals surface area (Å²) in [4.78, 5) is 2.46. The number of ether oxygens (including phenoxy) is 1. The summed E-state index contributed by atoms with van der Waals surface area (Å²) in [6.07, 6.45) is 4.83. The van der Waals surface area contributed by atoms with E-state index < -0.39 is 0 Å². The largest absolute Gasteiger partial charge is 0.385 e. The molecule has 18 heavy (non-hydrogen) atoms. The maximum atomic E-state index is 5.12. The summed E-state index contributed by atoms with van der Waals surface area (Å²) < 4.78 is 5.12. The molecule has 0 radical (unpaired) electrons. The molecule has 0 aliphatic carbocycles. The predicted molar refractivity (Wildman–Crippen MR) is 80.2 cm³/mol. The Morgan fingerprint density at radius 2 is 1.83 bits per heavy atom. The van der Waals surface area contributed by atoms with Crippen LogP contribution in [0.15, 0.2) is 0 Å². The van der Waals surface area contributed by atoms with Crippen LogP contribution in [0.3, 0.4) is 0 Å². The molecular formula is C15H34N2O. The van der Waals surface area contributed by atoms with Gasteiger partial charge in [-0.15, -0.1) is 0 Å². The van der Waals surface area contributed by atoms with Gasteiger partial charge in [0.1, 0.15) is 0 Å². The second-order valence-electron chi connectivity index (χ2n) is 5.47. The minimum Gasteiger partial charge on any atom is -0.385 e. The zero-order valence-corrected chi connectivity index (χ0v) is 13.2. The van der Waals surface area contributed by atoms with Crippen molar-refractivity contribution in [1.29, 1.82) is 0 Å². The fourth-order valence-electron chi connectivity index (χ4n) is 2.44. The van der Waals surface area contributed by atoms with Gasteiger partial charge in [0, 0.05) is 33.4 Å². The van der Waals surface area contributed by atoms with E-state index in [1.54, 1.807) is 7.11 Å². The van der Waals surface area contributed by atoms with Gasteiger partial charge >= 0.3 is 0 Å². The molecule has 0 aliphatic rings. The minimum atomic E-state index is 0.428. The van der Waals surface area contributed by atoms with E-state index >= 15 is 0 Å². The Bertz CT molecular complexity index is 181. The van der Waals surface area contributed by atoms with Gasteiger partial charge in [-0.2, -0.15) is 0 Å². The molecule has 3 heteroatoms. The lowest BCUT2D eigenvalue weighted by Gasteiger charge is -2.36. The summed E-state index contributed by atoms with van der Waals surface area (Å²) in [6, 6.07) is 0. The number of methoxy groups -OCH3 is 1. The molecule has 0 heterocycles. The van der Waals surface area contributed by atoms with Gasteiger partial charge in [0.2, 0.25) is 0 Å². The number of nitrogens with zero attached hydrogens (tertiary/aromatic N) is 1. The number of hydrogen-bond acceptors (Lipinski definition) is 3. The summed E-state index contributed by atoms with van der Waals surface area (Å²) >= 11 is 0. The molecule has 0 saturated carbocycles. The van der Waals surface area contributed by atoms with E-state index in [0.717, 1.165) is 32.7 Å². The normalized spacial score (nSPS) is 12.3. The summed E-state index contributed by atoms with van der Waals surface area (Å²) in [5.41, 5.74) is 0.428. The average Bonchev–Trinajstić information content (AvgIpc) is 2.38. The van der Waals surface area contributed by atoms with Gasteiger partial charge < -0.3 is 15.0 Å². The molecule has 0 aliphatic heterocycles. The highest BCUT2D eigenvalue weighted by atomic mass is 16.5. The van der Waals surface area contributed by atoms with Crippen molar-refractivity contribution in [2.45, 2.75) is 46.5 Å². The molecule has 0 unspecified atom stereocenters. The van der Waals surface area contributed by atoms with Crippen molar-refractivity contribution in [2.75, 3.05) is 46.9 Å². The molecule has 0 aromatic heterocycles. The van der Waals surface area contributed by atoms with E-state index in [0.29, 0.717) is 5.41 Å². The average molecular weight is 258 g/mol. The Morgan fingerprint density at radius 1 is 1.17 bits per heavy atom. The maximum Gasteiger partial charge on any atom is 0.0474 e. The molecule has 0 bridgehead atoms. The fourth-order valence-corrected chi connectivity index (χ4v) is 2.44. The Kier molecular flexibility index (Phi) is 10.7. The summed E-state index contributed by atoms with van der Waals surface area (Å²) in [5.74, 6) is 0.